The van der Waals surface area contributed by atoms with E-state index in [-0.39, 0.29) is 30.3 Å². The largest absolute Gasteiger partial charge is 0.467 e. The van der Waals surface area contributed by atoms with Crippen LogP contribution in [0, 0.1) is 0 Å². The zero-order valence-electron chi connectivity index (χ0n) is 18.5. The third-order valence-corrected chi connectivity index (χ3v) is 4.84. The molecule has 8 heteroatoms. The fraction of sp³-hybridized carbons (Fsp3) is 0.292. The van der Waals surface area contributed by atoms with E-state index in [9.17, 15) is 4.79 Å². The fourth-order valence-corrected chi connectivity index (χ4v) is 3.12. The van der Waals surface area contributed by atoms with Gasteiger partial charge in [-0.2, -0.15) is 9.97 Å². The molecule has 8 nitrogen and oxygen atoms in total. The van der Waals surface area contributed by atoms with E-state index in [2.05, 4.69) is 53.0 Å². The second-order valence-electron chi connectivity index (χ2n) is 8.22. The smallest absolute Gasteiger partial charge is 0.376 e. The Bertz CT molecular complexity index is 1240. The summed E-state index contributed by atoms with van der Waals surface area (Å²) in [7, 11) is 0. The van der Waals surface area contributed by atoms with Crippen LogP contribution in [-0.2, 0) is 16.8 Å². The van der Waals surface area contributed by atoms with Crippen molar-refractivity contribution in [3.8, 4) is 17.3 Å². The summed E-state index contributed by atoms with van der Waals surface area (Å²) >= 11 is 0. The summed E-state index contributed by atoms with van der Waals surface area (Å²) in [4.78, 5) is 25.0. The lowest BCUT2D eigenvalue weighted by Crippen LogP contribution is -2.11. The van der Waals surface area contributed by atoms with E-state index in [1.807, 2.05) is 30.3 Å². The zero-order chi connectivity index (χ0) is 22.7. The molecule has 0 unspecified atom stereocenters. The van der Waals surface area contributed by atoms with Crippen LogP contribution in [0.4, 0.5) is 0 Å². The fourth-order valence-electron chi connectivity index (χ4n) is 3.12. The molecular weight excluding hydrogens is 408 g/mol. The van der Waals surface area contributed by atoms with Gasteiger partial charge in [0.05, 0.1) is 17.5 Å². The number of carbonyl (C=O) groups excluding carboxylic acids is 1. The van der Waals surface area contributed by atoms with E-state index >= 15 is 0 Å². The number of carbonyl (C=O) groups is 1. The average Bonchev–Trinajstić information content (AvgIpc) is 3.26. The van der Waals surface area contributed by atoms with E-state index in [0.717, 1.165) is 5.56 Å². The molecule has 0 aliphatic carbocycles. The Morgan fingerprint density at radius 1 is 1.00 bits per heavy atom. The molecule has 0 atom stereocenters. The van der Waals surface area contributed by atoms with Crippen LogP contribution in [0.25, 0.3) is 22.3 Å². The number of fused-ring (bicyclic) bond motifs is 1. The Hall–Kier alpha value is -3.81. The molecule has 0 aliphatic heterocycles. The summed E-state index contributed by atoms with van der Waals surface area (Å²) < 4.78 is 16.2. The Labute approximate surface area is 185 Å². The Morgan fingerprint density at radius 3 is 2.47 bits per heavy atom. The summed E-state index contributed by atoms with van der Waals surface area (Å²) in [5.41, 5.74) is 2.72. The summed E-state index contributed by atoms with van der Waals surface area (Å²) in [6.45, 7) is 8.44. The van der Waals surface area contributed by atoms with Gasteiger partial charge in [0, 0.05) is 5.56 Å². The molecule has 0 bridgehead atoms. The van der Waals surface area contributed by atoms with Gasteiger partial charge in [-0.15, -0.1) is 0 Å². The highest BCUT2D eigenvalue weighted by Gasteiger charge is 2.18. The van der Waals surface area contributed by atoms with Gasteiger partial charge in [-0.3, -0.25) is 0 Å². The number of esters is 1. The van der Waals surface area contributed by atoms with Crippen LogP contribution in [0.3, 0.4) is 0 Å². The minimum Gasteiger partial charge on any atom is -0.467 e. The van der Waals surface area contributed by atoms with Crippen molar-refractivity contribution < 1.29 is 18.8 Å². The molecule has 2 aromatic heterocycles. The van der Waals surface area contributed by atoms with Gasteiger partial charge in [-0.05, 0) is 30.0 Å². The molecule has 4 rings (SSSR count). The van der Waals surface area contributed by atoms with Gasteiger partial charge in [-0.25, -0.2) is 9.78 Å². The molecule has 2 heterocycles. The number of aromatic nitrogens is 4. The lowest BCUT2D eigenvalue weighted by Gasteiger charge is -2.18. The summed E-state index contributed by atoms with van der Waals surface area (Å²) in [5, 5.41) is 4.71. The van der Waals surface area contributed by atoms with Crippen molar-refractivity contribution in [3.63, 3.8) is 0 Å². The first kappa shape index (κ1) is 21.4. The molecule has 0 spiro atoms. The summed E-state index contributed by atoms with van der Waals surface area (Å²) in [6, 6.07) is 15.3. The molecule has 4 aromatic rings. The Balaban J connectivity index is 1.54. The molecule has 164 valence electrons. The van der Waals surface area contributed by atoms with Crippen molar-refractivity contribution in [2.24, 2.45) is 0 Å². The maximum Gasteiger partial charge on any atom is 0.376 e. The third-order valence-electron chi connectivity index (χ3n) is 4.84. The van der Waals surface area contributed by atoms with Crippen LogP contribution in [0.2, 0.25) is 0 Å². The molecule has 0 fully saturated rings. The van der Waals surface area contributed by atoms with E-state index in [1.165, 1.54) is 5.56 Å². The van der Waals surface area contributed by atoms with Crippen LogP contribution in [0.15, 0.2) is 53.1 Å². The minimum absolute atomic E-state index is 0.00362. The highest BCUT2D eigenvalue weighted by molar-refractivity contribution is 5.90. The standard InChI is InChI=1S/C24H24N4O4/c1-5-30-23(29)21-25-18-9-7-6-8-17(18)22(27-21)31-14-19-26-20(28-32-19)15-10-12-16(13-11-15)24(2,3)4/h6-13H,5,14H2,1-4H3. The summed E-state index contributed by atoms with van der Waals surface area (Å²) in [5.74, 6) is 0.338. The molecule has 0 amide bonds. The van der Waals surface area contributed by atoms with Crippen molar-refractivity contribution in [3.05, 3.63) is 65.8 Å². The topological polar surface area (TPSA) is 100 Å². The highest BCUT2D eigenvalue weighted by atomic mass is 16.5. The lowest BCUT2D eigenvalue weighted by atomic mass is 9.87. The lowest BCUT2D eigenvalue weighted by molar-refractivity contribution is 0.0511. The van der Waals surface area contributed by atoms with Crippen LogP contribution < -0.4 is 4.74 Å². The normalized spacial score (nSPS) is 11.5. The average molecular weight is 432 g/mol. The molecule has 0 radical (unpaired) electrons. The predicted octanol–water partition coefficient (Wildman–Crippen LogP) is 4.73. The van der Waals surface area contributed by atoms with Gasteiger partial charge in [0.1, 0.15) is 0 Å². The van der Waals surface area contributed by atoms with Crippen molar-refractivity contribution in [2.45, 2.75) is 39.7 Å². The van der Waals surface area contributed by atoms with E-state index in [0.29, 0.717) is 22.6 Å². The predicted molar refractivity (Wildman–Crippen MR) is 118 cm³/mol. The molecule has 0 saturated carbocycles. The second-order valence-corrected chi connectivity index (χ2v) is 8.22. The van der Waals surface area contributed by atoms with E-state index in [1.54, 1.807) is 13.0 Å². The number of rotatable bonds is 6. The maximum atomic E-state index is 12.1. The SMILES string of the molecule is CCOC(=O)c1nc(OCc2nc(-c3ccc(C(C)(C)C)cc3)no2)c2ccccc2n1. The Morgan fingerprint density at radius 2 is 1.75 bits per heavy atom. The van der Waals surface area contributed by atoms with Crippen molar-refractivity contribution >= 4 is 16.9 Å². The van der Waals surface area contributed by atoms with E-state index in [4.69, 9.17) is 14.0 Å². The minimum atomic E-state index is -0.609. The number of ether oxygens (including phenoxy) is 2. The van der Waals surface area contributed by atoms with Gasteiger partial charge < -0.3 is 14.0 Å². The first-order valence-corrected chi connectivity index (χ1v) is 10.4. The molecular formula is C24H24N4O4. The summed E-state index contributed by atoms with van der Waals surface area (Å²) in [6.07, 6.45) is 0. The van der Waals surface area contributed by atoms with Gasteiger partial charge in [0.15, 0.2) is 6.61 Å². The van der Waals surface area contributed by atoms with E-state index < -0.39 is 5.97 Å². The van der Waals surface area contributed by atoms with Crippen LogP contribution in [0.5, 0.6) is 5.88 Å². The first-order valence-electron chi connectivity index (χ1n) is 10.4. The number of hydrogen-bond donors (Lipinski definition) is 0. The monoisotopic (exact) mass is 432 g/mol. The van der Waals surface area contributed by atoms with Crippen molar-refractivity contribution in [1.82, 2.24) is 20.1 Å². The second kappa shape index (κ2) is 8.74. The van der Waals surface area contributed by atoms with Crippen LogP contribution >= 0.6 is 0 Å². The van der Waals surface area contributed by atoms with Gasteiger partial charge >= 0.3 is 5.97 Å². The number of para-hydroxylation sites is 1. The molecule has 0 N–H and O–H groups in total. The zero-order valence-corrected chi connectivity index (χ0v) is 18.5. The quantitative estimate of drug-likeness (QED) is 0.403. The van der Waals surface area contributed by atoms with Gasteiger partial charge in [-0.1, -0.05) is 62.3 Å². The number of hydrogen-bond acceptors (Lipinski definition) is 8. The number of nitrogens with zero attached hydrogens (tertiary/aromatic N) is 4. The van der Waals surface area contributed by atoms with Crippen LogP contribution in [-0.4, -0.2) is 32.7 Å². The van der Waals surface area contributed by atoms with Crippen LogP contribution in [0.1, 0.15) is 49.8 Å². The molecule has 0 aliphatic rings. The van der Waals surface area contributed by atoms with Crippen molar-refractivity contribution in [1.29, 1.82) is 0 Å². The third kappa shape index (κ3) is 4.59. The molecule has 32 heavy (non-hydrogen) atoms. The Kier molecular flexibility index (Phi) is 5.85. The number of benzene rings is 2. The first-order chi connectivity index (χ1) is 15.3. The molecule has 2 aromatic carbocycles. The molecule has 0 saturated heterocycles. The maximum absolute atomic E-state index is 12.1. The van der Waals surface area contributed by atoms with Crippen molar-refractivity contribution in [2.75, 3.05) is 6.61 Å². The van der Waals surface area contributed by atoms with Gasteiger partial charge in [0.2, 0.25) is 17.5 Å². The van der Waals surface area contributed by atoms with Gasteiger partial charge in [0.25, 0.3) is 5.89 Å². The highest BCUT2D eigenvalue weighted by Crippen LogP contribution is 2.26.